The highest BCUT2D eigenvalue weighted by Crippen LogP contribution is 2.29. The van der Waals surface area contributed by atoms with Crippen LogP contribution in [0.15, 0.2) is 48.7 Å². The molecular weight excluding hydrogens is 265 g/mol. The Bertz CT molecular complexity index is 535. The van der Waals surface area contributed by atoms with Crippen LogP contribution in [0.1, 0.15) is 29.8 Å². The van der Waals surface area contributed by atoms with Crippen LogP contribution in [0.3, 0.4) is 0 Å². The number of alkyl halides is 3. The molecule has 1 N–H and O–H groups in total. The third-order valence-electron chi connectivity index (χ3n) is 3.05. The van der Waals surface area contributed by atoms with Crippen LogP contribution >= 0.6 is 0 Å². The van der Waals surface area contributed by atoms with Gasteiger partial charge in [-0.15, -0.1) is 0 Å². The van der Waals surface area contributed by atoms with Gasteiger partial charge < -0.3 is 5.32 Å². The number of nitrogens with zero attached hydrogens (tertiary/aromatic N) is 1. The Labute approximate surface area is 115 Å². The second-order valence-corrected chi connectivity index (χ2v) is 4.54. The standard InChI is InChI=1S/C15H15F3N2/c1-11(20-10-14-4-2-3-9-19-14)12-5-7-13(8-6-12)15(16,17)18/h2-9,11,20H,10H2,1H3. The van der Waals surface area contributed by atoms with Gasteiger partial charge in [0.05, 0.1) is 11.3 Å². The zero-order chi connectivity index (χ0) is 14.6. The maximum atomic E-state index is 12.5. The molecular formula is C15H15F3N2. The number of hydrogen-bond donors (Lipinski definition) is 1. The number of hydrogen-bond acceptors (Lipinski definition) is 2. The van der Waals surface area contributed by atoms with Crippen LogP contribution in [-0.2, 0) is 12.7 Å². The molecule has 0 spiro atoms. The molecule has 1 unspecified atom stereocenters. The molecule has 106 valence electrons. The van der Waals surface area contributed by atoms with Crippen molar-refractivity contribution in [2.75, 3.05) is 0 Å². The minimum absolute atomic E-state index is 0.0423. The third kappa shape index (κ3) is 3.81. The van der Waals surface area contributed by atoms with Crippen LogP contribution < -0.4 is 5.32 Å². The number of nitrogens with one attached hydrogen (secondary N) is 1. The number of halogens is 3. The molecule has 0 aliphatic rings. The fourth-order valence-corrected chi connectivity index (χ4v) is 1.84. The molecule has 0 saturated carbocycles. The fraction of sp³-hybridized carbons (Fsp3) is 0.267. The van der Waals surface area contributed by atoms with Gasteiger partial charge in [0.1, 0.15) is 0 Å². The van der Waals surface area contributed by atoms with Crippen LogP contribution in [0.25, 0.3) is 0 Å². The van der Waals surface area contributed by atoms with Crippen molar-refractivity contribution in [3.05, 3.63) is 65.5 Å². The lowest BCUT2D eigenvalue weighted by Gasteiger charge is -2.15. The quantitative estimate of drug-likeness (QED) is 0.917. The van der Waals surface area contributed by atoms with Gasteiger partial charge >= 0.3 is 6.18 Å². The van der Waals surface area contributed by atoms with Crippen molar-refractivity contribution >= 4 is 0 Å². The Balaban J connectivity index is 1.97. The number of aromatic nitrogens is 1. The van der Waals surface area contributed by atoms with Gasteiger partial charge in [-0.05, 0) is 36.8 Å². The molecule has 0 bridgehead atoms. The summed E-state index contributed by atoms with van der Waals surface area (Å²) < 4.78 is 37.4. The summed E-state index contributed by atoms with van der Waals surface area (Å²) in [7, 11) is 0. The summed E-state index contributed by atoms with van der Waals surface area (Å²) in [6.45, 7) is 2.48. The molecule has 2 nitrogen and oxygen atoms in total. The van der Waals surface area contributed by atoms with E-state index in [4.69, 9.17) is 0 Å². The molecule has 1 aromatic carbocycles. The smallest absolute Gasteiger partial charge is 0.305 e. The van der Waals surface area contributed by atoms with E-state index >= 15 is 0 Å². The largest absolute Gasteiger partial charge is 0.416 e. The van der Waals surface area contributed by atoms with Gasteiger partial charge in [-0.2, -0.15) is 13.2 Å². The lowest BCUT2D eigenvalue weighted by Crippen LogP contribution is -2.18. The van der Waals surface area contributed by atoms with Crippen LogP contribution in [0, 0.1) is 0 Å². The molecule has 1 aromatic heterocycles. The predicted molar refractivity (Wildman–Crippen MR) is 70.9 cm³/mol. The summed E-state index contributed by atoms with van der Waals surface area (Å²) in [6, 6.07) is 10.8. The van der Waals surface area contributed by atoms with E-state index in [1.165, 1.54) is 12.1 Å². The lowest BCUT2D eigenvalue weighted by molar-refractivity contribution is -0.137. The van der Waals surface area contributed by atoms with Gasteiger partial charge in [0.2, 0.25) is 0 Å². The van der Waals surface area contributed by atoms with Gasteiger partial charge in [0.15, 0.2) is 0 Å². The van der Waals surface area contributed by atoms with Crippen molar-refractivity contribution in [3.8, 4) is 0 Å². The fourth-order valence-electron chi connectivity index (χ4n) is 1.84. The first-order chi connectivity index (χ1) is 9.47. The van der Waals surface area contributed by atoms with E-state index in [0.717, 1.165) is 23.4 Å². The van der Waals surface area contributed by atoms with E-state index in [0.29, 0.717) is 6.54 Å². The number of rotatable bonds is 4. The summed E-state index contributed by atoms with van der Waals surface area (Å²) in [4.78, 5) is 4.18. The summed E-state index contributed by atoms with van der Waals surface area (Å²) in [5.74, 6) is 0. The van der Waals surface area contributed by atoms with E-state index in [1.54, 1.807) is 6.20 Å². The Kier molecular flexibility index (Phi) is 4.39. The van der Waals surface area contributed by atoms with Crippen molar-refractivity contribution in [1.29, 1.82) is 0 Å². The van der Waals surface area contributed by atoms with E-state index in [9.17, 15) is 13.2 Å². The van der Waals surface area contributed by atoms with Crippen LogP contribution in [0.4, 0.5) is 13.2 Å². The maximum absolute atomic E-state index is 12.5. The molecule has 1 atom stereocenters. The number of pyridine rings is 1. The molecule has 0 fully saturated rings. The van der Waals surface area contributed by atoms with Gasteiger partial charge in [-0.25, -0.2) is 0 Å². The van der Waals surface area contributed by atoms with E-state index < -0.39 is 11.7 Å². The normalized spacial score (nSPS) is 13.2. The molecule has 20 heavy (non-hydrogen) atoms. The Morgan fingerprint density at radius 1 is 1.10 bits per heavy atom. The molecule has 0 amide bonds. The molecule has 2 aromatic rings. The molecule has 0 saturated heterocycles. The van der Waals surface area contributed by atoms with Crippen molar-refractivity contribution in [1.82, 2.24) is 10.3 Å². The topological polar surface area (TPSA) is 24.9 Å². The van der Waals surface area contributed by atoms with Gasteiger partial charge in [-0.1, -0.05) is 18.2 Å². The highest BCUT2D eigenvalue weighted by Gasteiger charge is 2.30. The average Bonchev–Trinajstić information content (AvgIpc) is 2.45. The van der Waals surface area contributed by atoms with Gasteiger partial charge in [-0.3, -0.25) is 4.98 Å². The zero-order valence-corrected chi connectivity index (χ0v) is 11.0. The third-order valence-corrected chi connectivity index (χ3v) is 3.05. The van der Waals surface area contributed by atoms with Crippen molar-refractivity contribution in [2.45, 2.75) is 25.7 Å². The van der Waals surface area contributed by atoms with E-state index in [-0.39, 0.29) is 6.04 Å². The summed E-state index contributed by atoms with van der Waals surface area (Å²) in [5, 5.41) is 3.23. The first kappa shape index (κ1) is 14.5. The lowest BCUT2D eigenvalue weighted by atomic mass is 10.1. The van der Waals surface area contributed by atoms with Gasteiger partial charge in [0.25, 0.3) is 0 Å². The summed E-state index contributed by atoms with van der Waals surface area (Å²) >= 11 is 0. The van der Waals surface area contributed by atoms with Crippen LogP contribution in [-0.4, -0.2) is 4.98 Å². The van der Waals surface area contributed by atoms with Crippen molar-refractivity contribution in [3.63, 3.8) is 0 Å². The zero-order valence-electron chi connectivity index (χ0n) is 11.0. The van der Waals surface area contributed by atoms with Crippen molar-refractivity contribution < 1.29 is 13.2 Å². The molecule has 0 radical (unpaired) electrons. The minimum Gasteiger partial charge on any atom is -0.305 e. The molecule has 0 aliphatic carbocycles. The predicted octanol–water partition coefficient (Wildman–Crippen LogP) is 3.95. The molecule has 5 heteroatoms. The van der Waals surface area contributed by atoms with E-state index in [2.05, 4.69) is 10.3 Å². The Morgan fingerprint density at radius 2 is 1.80 bits per heavy atom. The highest BCUT2D eigenvalue weighted by molar-refractivity contribution is 5.26. The van der Waals surface area contributed by atoms with Crippen molar-refractivity contribution in [2.24, 2.45) is 0 Å². The van der Waals surface area contributed by atoms with E-state index in [1.807, 2.05) is 25.1 Å². The molecule has 0 aliphatic heterocycles. The summed E-state index contributed by atoms with van der Waals surface area (Å²) in [5.41, 5.74) is 1.08. The second-order valence-electron chi connectivity index (χ2n) is 4.54. The van der Waals surface area contributed by atoms with Crippen LogP contribution in [0.5, 0.6) is 0 Å². The highest BCUT2D eigenvalue weighted by atomic mass is 19.4. The average molecular weight is 280 g/mol. The maximum Gasteiger partial charge on any atom is 0.416 e. The number of benzene rings is 1. The first-order valence-corrected chi connectivity index (χ1v) is 6.27. The molecule has 1 heterocycles. The summed E-state index contributed by atoms with van der Waals surface area (Å²) in [6.07, 6.45) is -2.58. The monoisotopic (exact) mass is 280 g/mol. The second kappa shape index (κ2) is 6.05. The SMILES string of the molecule is CC(NCc1ccccn1)c1ccc(C(F)(F)F)cc1. The molecule has 2 rings (SSSR count). The van der Waals surface area contributed by atoms with Crippen LogP contribution in [0.2, 0.25) is 0 Å². The first-order valence-electron chi connectivity index (χ1n) is 6.27. The Morgan fingerprint density at radius 3 is 2.35 bits per heavy atom. The minimum atomic E-state index is -4.29. The Hall–Kier alpha value is -1.88. The van der Waals surface area contributed by atoms with Gasteiger partial charge in [0, 0.05) is 18.8 Å².